The molecule has 5 heteroatoms. The molecular formula is C14H18ClNO3. The Morgan fingerprint density at radius 3 is 2.47 bits per heavy atom. The van der Waals surface area contributed by atoms with E-state index in [9.17, 15) is 9.59 Å². The molecule has 1 rings (SSSR count). The highest BCUT2D eigenvalue weighted by atomic mass is 35.5. The first-order chi connectivity index (χ1) is 8.81. The molecule has 0 bridgehead atoms. The maximum Gasteiger partial charge on any atom is 0.303 e. The molecule has 1 amide bonds. The van der Waals surface area contributed by atoms with E-state index in [-0.39, 0.29) is 18.4 Å². The zero-order chi connectivity index (χ0) is 14.6. The van der Waals surface area contributed by atoms with E-state index < -0.39 is 5.97 Å². The molecule has 0 saturated heterocycles. The molecular weight excluding hydrogens is 266 g/mol. The fourth-order valence-corrected chi connectivity index (χ4v) is 1.97. The zero-order valence-electron chi connectivity index (χ0n) is 11.3. The van der Waals surface area contributed by atoms with Crippen LogP contribution in [0.1, 0.15) is 41.3 Å². The van der Waals surface area contributed by atoms with Gasteiger partial charge in [0.2, 0.25) is 0 Å². The summed E-state index contributed by atoms with van der Waals surface area (Å²) in [6, 6.07) is 3.30. The van der Waals surface area contributed by atoms with Gasteiger partial charge in [-0.3, -0.25) is 9.59 Å². The number of hydrogen-bond acceptors (Lipinski definition) is 2. The molecule has 0 heterocycles. The van der Waals surface area contributed by atoms with Crippen LogP contribution in [-0.2, 0) is 4.79 Å². The summed E-state index contributed by atoms with van der Waals surface area (Å²) in [5.74, 6) is -1.14. The second kappa shape index (κ2) is 6.57. The van der Waals surface area contributed by atoms with Gasteiger partial charge in [0, 0.05) is 12.5 Å². The summed E-state index contributed by atoms with van der Waals surface area (Å²) in [4.78, 5) is 22.5. The van der Waals surface area contributed by atoms with Crippen molar-refractivity contribution in [1.82, 2.24) is 5.32 Å². The number of carboxylic acid groups (broad SMARTS) is 1. The van der Waals surface area contributed by atoms with Crippen molar-refractivity contribution in [3.8, 4) is 0 Å². The third kappa shape index (κ3) is 4.56. The van der Waals surface area contributed by atoms with Crippen LogP contribution in [0.2, 0.25) is 5.02 Å². The number of carboxylic acids is 1. The number of hydrogen-bond donors (Lipinski definition) is 2. The lowest BCUT2D eigenvalue weighted by Gasteiger charge is -2.14. The number of carbonyl (C=O) groups excluding carboxylic acids is 1. The Balaban J connectivity index is 2.73. The molecule has 19 heavy (non-hydrogen) atoms. The summed E-state index contributed by atoms with van der Waals surface area (Å²) < 4.78 is 0. The van der Waals surface area contributed by atoms with E-state index in [0.717, 1.165) is 11.1 Å². The summed E-state index contributed by atoms with van der Waals surface area (Å²) in [7, 11) is 0. The van der Waals surface area contributed by atoms with Crippen LogP contribution in [0.15, 0.2) is 12.1 Å². The summed E-state index contributed by atoms with van der Waals surface area (Å²) in [5.41, 5.74) is 2.44. The predicted octanol–water partition coefficient (Wildman–Crippen LogP) is 2.94. The molecule has 0 aliphatic heterocycles. The van der Waals surface area contributed by atoms with Crippen molar-refractivity contribution in [3.05, 3.63) is 33.8 Å². The van der Waals surface area contributed by atoms with Crippen LogP contribution in [-0.4, -0.2) is 23.0 Å². The van der Waals surface area contributed by atoms with E-state index in [4.69, 9.17) is 16.7 Å². The Bertz CT molecular complexity index is 500. The van der Waals surface area contributed by atoms with Gasteiger partial charge in [-0.15, -0.1) is 0 Å². The molecule has 0 fully saturated rings. The Morgan fingerprint density at radius 1 is 1.32 bits per heavy atom. The minimum Gasteiger partial charge on any atom is -0.481 e. The minimum atomic E-state index is -0.870. The number of rotatable bonds is 5. The van der Waals surface area contributed by atoms with Crippen LogP contribution in [0.25, 0.3) is 0 Å². The van der Waals surface area contributed by atoms with Gasteiger partial charge in [0.15, 0.2) is 0 Å². The molecule has 0 aliphatic rings. The molecule has 0 aromatic heterocycles. The Labute approximate surface area is 117 Å². The monoisotopic (exact) mass is 283 g/mol. The van der Waals surface area contributed by atoms with Crippen molar-refractivity contribution in [2.45, 2.75) is 39.7 Å². The van der Waals surface area contributed by atoms with Gasteiger partial charge in [-0.1, -0.05) is 11.6 Å². The lowest BCUT2D eigenvalue weighted by atomic mass is 10.1. The average molecular weight is 284 g/mol. The van der Waals surface area contributed by atoms with E-state index in [1.807, 2.05) is 13.8 Å². The fourth-order valence-electron chi connectivity index (χ4n) is 1.67. The molecule has 0 saturated carbocycles. The van der Waals surface area contributed by atoms with Gasteiger partial charge in [0.1, 0.15) is 0 Å². The Kier molecular flexibility index (Phi) is 5.36. The van der Waals surface area contributed by atoms with Crippen molar-refractivity contribution < 1.29 is 14.7 Å². The van der Waals surface area contributed by atoms with E-state index in [2.05, 4.69) is 5.32 Å². The SMILES string of the molecule is Cc1cc(Cl)c(C(=O)NC(C)CCC(=O)O)cc1C. The van der Waals surface area contributed by atoms with Crippen LogP contribution in [0.4, 0.5) is 0 Å². The normalized spacial score (nSPS) is 12.0. The Hall–Kier alpha value is -1.55. The molecule has 104 valence electrons. The highest BCUT2D eigenvalue weighted by molar-refractivity contribution is 6.34. The van der Waals surface area contributed by atoms with Gasteiger partial charge < -0.3 is 10.4 Å². The van der Waals surface area contributed by atoms with E-state index in [1.54, 1.807) is 19.1 Å². The standard InChI is InChI=1S/C14H18ClNO3/c1-8-6-11(12(15)7-9(8)2)14(19)16-10(3)4-5-13(17)18/h6-7,10H,4-5H2,1-3H3,(H,16,19)(H,17,18). The van der Waals surface area contributed by atoms with Gasteiger partial charge >= 0.3 is 5.97 Å². The molecule has 0 aliphatic carbocycles. The highest BCUT2D eigenvalue weighted by Gasteiger charge is 2.15. The van der Waals surface area contributed by atoms with Crippen molar-refractivity contribution in [2.75, 3.05) is 0 Å². The number of carbonyl (C=O) groups is 2. The molecule has 0 radical (unpaired) electrons. The molecule has 2 N–H and O–H groups in total. The van der Waals surface area contributed by atoms with Crippen LogP contribution >= 0.6 is 11.6 Å². The molecule has 0 spiro atoms. The Morgan fingerprint density at radius 2 is 1.89 bits per heavy atom. The molecule has 4 nitrogen and oxygen atoms in total. The maximum absolute atomic E-state index is 12.0. The van der Waals surface area contributed by atoms with Crippen LogP contribution < -0.4 is 5.32 Å². The van der Waals surface area contributed by atoms with E-state index >= 15 is 0 Å². The lowest BCUT2D eigenvalue weighted by Crippen LogP contribution is -2.33. The number of aryl methyl sites for hydroxylation is 2. The van der Waals surface area contributed by atoms with Crippen molar-refractivity contribution in [3.63, 3.8) is 0 Å². The van der Waals surface area contributed by atoms with Gasteiger partial charge in [0.05, 0.1) is 10.6 Å². The second-order valence-corrected chi connectivity index (χ2v) is 5.13. The van der Waals surface area contributed by atoms with Gasteiger partial charge in [-0.05, 0) is 50.5 Å². The van der Waals surface area contributed by atoms with Crippen molar-refractivity contribution in [2.24, 2.45) is 0 Å². The lowest BCUT2D eigenvalue weighted by molar-refractivity contribution is -0.137. The number of amides is 1. The van der Waals surface area contributed by atoms with Gasteiger partial charge in [-0.2, -0.15) is 0 Å². The van der Waals surface area contributed by atoms with Crippen molar-refractivity contribution >= 4 is 23.5 Å². The largest absolute Gasteiger partial charge is 0.481 e. The molecule has 1 unspecified atom stereocenters. The van der Waals surface area contributed by atoms with Gasteiger partial charge in [-0.25, -0.2) is 0 Å². The summed E-state index contributed by atoms with van der Waals surface area (Å²) >= 11 is 6.05. The quantitative estimate of drug-likeness (QED) is 0.873. The smallest absolute Gasteiger partial charge is 0.303 e. The average Bonchev–Trinajstić information content (AvgIpc) is 2.31. The van der Waals surface area contributed by atoms with Crippen LogP contribution in [0.5, 0.6) is 0 Å². The first kappa shape index (κ1) is 15.5. The maximum atomic E-state index is 12.0. The topological polar surface area (TPSA) is 66.4 Å². The third-order valence-corrected chi connectivity index (χ3v) is 3.31. The van der Waals surface area contributed by atoms with Crippen molar-refractivity contribution in [1.29, 1.82) is 0 Å². The first-order valence-corrected chi connectivity index (χ1v) is 6.48. The summed E-state index contributed by atoms with van der Waals surface area (Å²) in [6.07, 6.45) is 0.422. The van der Waals surface area contributed by atoms with Crippen LogP contribution in [0, 0.1) is 13.8 Å². The van der Waals surface area contributed by atoms with E-state index in [1.165, 1.54) is 0 Å². The summed E-state index contributed by atoms with van der Waals surface area (Å²) in [6.45, 7) is 5.62. The summed E-state index contributed by atoms with van der Waals surface area (Å²) in [5, 5.41) is 11.8. The molecule has 1 aromatic rings. The number of nitrogens with one attached hydrogen (secondary N) is 1. The fraction of sp³-hybridized carbons (Fsp3) is 0.429. The zero-order valence-corrected chi connectivity index (χ0v) is 12.0. The predicted molar refractivity (Wildman–Crippen MR) is 74.7 cm³/mol. The molecule has 1 aromatic carbocycles. The number of aliphatic carboxylic acids is 1. The molecule has 1 atom stereocenters. The number of halogens is 1. The van der Waals surface area contributed by atoms with Crippen LogP contribution in [0.3, 0.4) is 0 Å². The number of benzene rings is 1. The third-order valence-electron chi connectivity index (χ3n) is 3.00. The second-order valence-electron chi connectivity index (χ2n) is 4.72. The van der Waals surface area contributed by atoms with E-state index in [0.29, 0.717) is 17.0 Å². The first-order valence-electron chi connectivity index (χ1n) is 6.10. The minimum absolute atomic E-state index is 0.0299. The highest BCUT2D eigenvalue weighted by Crippen LogP contribution is 2.21. The van der Waals surface area contributed by atoms with Gasteiger partial charge in [0.25, 0.3) is 5.91 Å².